The van der Waals surface area contributed by atoms with Crippen LogP contribution in [0.2, 0.25) is 0 Å². The third-order valence-electron chi connectivity index (χ3n) is 14.2. The van der Waals surface area contributed by atoms with Gasteiger partial charge in [0.05, 0.1) is 43.0 Å². The zero-order valence-electron chi connectivity index (χ0n) is 37.2. The monoisotopic (exact) mass is 907 g/mol. The Hall–Kier alpha value is -6.14. The number of halogens is 2. The number of amides is 3. The molecule has 348 valence electrons. The second-order valence-electron chi connectivity index (χ2n) is 18.1. The Balaban J connectivity index is 0.860. The van der Waals surface area contributed by atoms with E-state index in [1.54, 1.807) is 29.3 Å². The van der Waals surface area contributed by atoms with Gasteiger partial charge in [-0.1, -0.05) is 0 Å². The number of piperidine rings is 1. The highest BCUT2D eigenvalue weighted by Crippen LogP contribution is 2.44. The predicted molar refractivity (Wildman–Crippen MR) is 237 cm³/mol. The van der Waals surface area contributed by atoms with E-state index in [0.29, 0.717) is 108 Å². The number of aromatic nitrogens is 4. The highest BCUT2D eigenvalue weighted by molar-refractivity contribution is 6.02. The first-order valence-electron chi connectivity index (χ1n) is 23.0. The first-order chi connectivity index (χ1) is 32.1. The fraction of sp³-hybridized carbons (Fsp3) is 0.500. The third kappa shape index (κ3) is 8.79. The molecule has 0 N–H and O–H groups in total. The van der Waals surface area contributed by atoms with Crippen LogP contribution in [0.15, 0.2) is 36.7 Å². The second kappa shape index (κ2) is 19.4. The smallest absolute Gasteiger partial charge is 0.264 e. The van der Waals surface area contributed by atoms with E-state index >= 15 is 8.78 Å². The van der Waals surface area contributed by atoms with Crippen molar-refractivity contribution in [3.63, 3.8) is 0 Å². The summed E-state index contributed by atoms with van der Waals surface area (Å²) >= 11 is 0. The molecule has 18 heteroatoms. The lowest BCUT2D eigenvalue weighted by Gasteiger charge is -2.33. The quantitative estimate of drug-likeness (QED) is 0.143. The van der Waals surface area contributed by atoms with Crippen molar-refractivity contribution in [2.24, 2.45) is 0 Å². The van der Waals surface area contributed by atoms with Gasteiger partial charge >= 0.3 is 0 Å². The molecule has 2 fully saturated rings. The Morgan fingerprint density at radius 1 is 0.909 bits per heavy atom. The van der Waals surface area contributed by atoms with E-state index in [1.807, 2.05) is 26.7 Å². The fourth-order valence-corrected chi connectivity index (χ4v) is 10.5. The lowest BCUT2D eigenvalue weighted by atomic mass is 9.92. The van der Waals surface area contributed by atoms with Gasteiger partial charge in [-0.25, -0.2) is 8.78 Å². The van der Waals surface area contributed by atoms with E-state index in [-0.39, 0.29) is 54.1 Å². The van der Waals surface area contributed by atoms with Crippen LogP contribution in [0.1, 0.15) is 118 Å². The Kier molecular flexibility index (Phi) is 13.2. The molecule has 0 saturated carbocycles. The minimum absolute atomic E-state index is 0.0296. The maximum absolute atomic E-state index is 15.1. The number of nitrogens with zero attached hydrogens (tertiary/aromatic N) is 9. The first-order valence-corrected chi connectivity index (χ1v) is 23.0. The molecule has 1 unspecified atom stereocenters. The zero-order chi connectivity index (χ0) is 46.1. The van der Waals surface area contributed by atoms with Crippen molar-refractivity contribution in [1.29, 1.82) is 0 Å². The minimum Gasteiger partial charge on any atom is -0.381 e. The van der Waals surface area contributed by atoms with Crippen LogP contribution in [0.3, 0.4) is 0 Å². The van der Waals surface area contributed by atoms with E-state index in [4.69, 9.17) is 9.84 Å². The van der Waals surface area contributed by atoms with Crippen LogP contribution in [0.5, 0.6) is 0 Å². The van der Waals surface area contributed by atoms with Crippen LogP contribution in [0.25, 0.3) is 11.1 Å². The molecule has 5 aliphatic heterocycles. The average Bonchev–Trinajstić information content (AvgIpc) is 4.10. The van der Waals surface area contributed by atoms with Crippen molar-refractivity contribution in [2.45, 2.75) is 102 Å². The van der Waals surface area contributed by atoms with Gasteiger partial charge in [0.25, 0.3) is 12.3 Å². The van der Waals surface area contributed by atoms with Crippen LogP contribution >= 0.6 is 0 Å². The van der Waals surface area contributed by atoms with Crippen LogP contribution in [-0.4, -0.2) is 135 Å². The molecule has 0 aliphatic carbocycles. The van der Waals surface area contributed by atoms with E-state index in [9.17, 15) is 28.8 Å². The number of carbonyl (C=O) groups excluding carboxylic acids is 6. The summed E-state index contributed by atoms with van der Waals surface area (Å²) in [6.07, 6.45) is 9.03. The summed E-state index contributed by atoms with van der Waals surface area (Å²) < 4.78 is 39.8. The normalized spacial score (nSPS) is 18.5. The molecule has 7 heterocycles. The van der Waals surface area contributed by atoms with Gasteiger partial charge in [-0.15, -0.1) is 0 Å². The number of alkyl halides is 2. The van der Waals surface area contributed by atoms with Crippen LogP contribution in [0.4, 0.5) is 20.3 Å². The molecule has 0 spiro atoms. The number of hydrogen-bond acceptors (Lipinski definition) is 11. The number of rotatable bonds is 15. The van der Waals surface area contributed by atoms with Crippen molar-refractivity contribution in [3.05, 3.63) is 81.3 Å². The van der Waals surface area contributed by atoms with Gasteiger partial charge in [-0.2, -0.15) is 10.2 Å². The lowest BCUT2D eigenvalue weighted by Crippen LogP contribution is -2.43. The van der Waals surface area contributed by atoms with Crippen LogP contribution in [0, 0.1) is 0 Å². The minimum atomic E-state index is -2.74. The van der Waals surface area contributed by atoms with Gasteiger partial charge in [0.2, 0.25) is 12.3 Å². The Bertz CT molecular complexity index is 2510. The van der Waals surface area contributed by atoms with Gasteiger partial charge < -0.3 is 33.9 Å². The Labute approximate surface area is 381 Å². The number of benzene rings is 2. The summed E-state index contributed by atoms with van der Waals surface area (Å²) in [7, 11) is 1.47. The van der Waals surface area contributed by atoms with Gasteiger partial charge in [0, 0.05) is 112 Å². The number of anilines is 2. The summed E-state index contributed by atoms with van der Waals surface area (Å²) in [6.45, 7) is 4.95. The average molecular weight is 908 g/mol. The molecule has 2 saturated heterocycles. The molecular formula is C48H55F2N9O7. The van der Waals surface area contributed by atoms with Crippen LogP contribution < -0.4 is 4.90 Å². The zero-order valence-corrected chi connectivity index (χ0v) is 37.2. The summed E-state index contributed by atoms with van der Waals surface area (Å²) in [4.78, 5) is 82.4. The number of fused-ring (bicyclic) bond motifs is 3. The molecule has 1 atom stereocenters. The topological polar surface area (TPSA) is 163 Å². The molecule has 0 radical (unpaired) electrons. The van der Waals surface area contributed by atoms with Crippen molar-refractivity contribution in [3.8, 4) is 11.1 Å². The number of hydrogen-bond donors (Lipinski definition) is 0. The number of likely N-dealkylation sites (tertiary alicyclic amines) is 1. The highest BCUT2D eigenvalue weighted by Gasteiger charge is 2.35. The second-order valence-corrected chi connectivity index (χ2v) is 18.1. The van der Waals surface area contributed by atoms with E-state index in [1.165, 1.54) is 11.9 Å². The van der Waals surface area contributed by atoms with Crippen molar-refractivity contribution in [1.82, 2.24) is 39.2 Å². The standard InChI is InChI=1S/C48H55F2N9O7/c1-53(38(29-62)5-3-15-60)48(65)40-20-33-24-55(23-32(33)18-34(40)28-61)27-45(64)56-13-6-36(7-14-56)58-25-35(22-51-58)39-19-31-4-2-11-57(44(31)21-41(39)46(49)50)47-42-26-54(30-63)12-8-43(42)59(52-47)37-9-16-66-17-10-37/h15,18-22,25,28-30,36-38,46H,2-14,16-17,23-24,26-27H2,1H3. The number of aryl methyl sites for hydroxylation is 1. The maximum atomic E-state index is 15.1. The molecule has 2 aromatic heterocycles. The molecule has 3 amide bonds. The van der Waals surface area contributed by atoms with E-state index in [2.05, 4.69) is 14.7 Å². The third-order valence-corrected chi connectivity index (χ3v) is 14.2. The van der Waals surface area contributed by atoms with Crippen molar-refractivity contribution in [2.75, 3.05) is 57.9 Å². The molecular weight excluding hydrogens is 853 g/mol. The summed E-state index contributed by atoms with van der Waals surface area (Å²) in [5.74, 6) is 0.200. The van der Waals surface area contributed by atoms with E-state index < -0.39 is 18.4 Å². The largest absolute Gasteiger partial charge is 0.381 e. The molecule has 0 bridgehead atoms. The fourth-order valence-electron chi connectivity index (χ4n) is 10.5. The summed E-state index contributed by atoms with van der Waals surface area (Å²) in [5, 5.41) is 9.84. The molecule has 66 heavy (non-hydrogen) atoms. The van der Waals surface area contributed by atoms with Crippen LogP contribution in [-0.2, 0) is 56.4 Å². The number of ether oxygens (including phenoxy) is 1. The molecule has 5 aliphatic rings. The Morgan fingerprint density at radius 2 is 1.68 bits per heavy atom. The molecule has 16 nitrogen and oxygen atoms in total. The predicted octanol–water partition coefficient (Wildman–Crippen LogP) is 5.24. The van der Waals surface area contributed by atoms with Gasteiger partial charge in [0.15, 0.2) is 12.1 Å². The van der Waals surface area contributed by atoms with Gasteiger partial charge in [-0.3, -0.25) is 33.4 Å². The van der Waals surface area contributed by atoms with Gasteiger partial charge in [0.1, 0.15) is 12.6 Å². The highest BCUT2D eigenvalue weighted by atomic mass is 19.3. The summed E-state index contributed by atoms with van der Waals surface area (Å²) in [5.41, 5.74) is 6.78. The molecule has 9 rings (SSSR count). The van der Waals surface area contributed by atoms with E-state index in [0.717, 1.165) is 71.5 Å². The molecule has 4 aromatic rings. The Morgan fingerprint density at radius 3 is 2.39 bits per heavy atom. The first kappa shape index (κ1) is 45.0. The number of aldehydes is 3. The molecule has 2 aromatic carbocycles. The maximum Gasteiger partial charge on any atom is 0.264 e. The lowest BCUT2D eigenvalue weighted by molar-refractivity contribution is -0.134. The van der Waals surface area contributed by atoms with Crippen molar-refractivity contribution < 1.29 is 42.3 Å². The number of carbonyl (C=O) groups is 6. The summed E-state index contributed by atoms with van der Waals surface area (Å²) in [6, 6.07) is 6.19. The number of likely N-dealkylation sites (N-methyl/N-ethyl adjacent to an activating group) is 1. The van der Waals surface area contributed by atoms with Gasteiger partial charge in [-0.05, 0) is 91.5 Å². The SMILES string of the molecule is CN(C(=O)c1cc2c(cc1C=O)CN(CC(=O)N1CCC(n3cc(-c4cc5c(cc4C(F)F)N(c4nn(C6CCOCC6)c6c4CN(C=O)CC6)CCC5)cn3)CC1)C2)C(C=O)CCC=O. The van der Waals surface area contributed by atoms with Crippen molar-refractivity contribution >= 4 is 48.6 Å².